The standard InChI is InChI=1S/C15H14ClN3O2/c1-18-8-10(2-3-14(18)20)15(21)19-5-4-13-11(9-19)6-12(16)7-17-13/h2-3,6-8H,4-5,9H2,1H3. The Labute approximate surface area is 126 Å². The highest BCUT2D eigenvalue weighted by atomic mass is 35.5. The molecule has 0 aliphatic carbocycles. The summed E-state index contributed by atoms with van der Waals surface area (Å²) < 4.78 is 1.41. The SMILES string of the molecule is Cn1cc(C(=O)N2CCc3ncc(Cl)cc3C2)ccc1=O. The van der Waals surface area contributed by atoms with Crippen molar-refractivity contribution in [2.75, 3.05) is 6.54 Å². The molecule has 0 N–H and O–H groups in total. The van der Waals surface area contributed by atoms with Gasteiger partial charge in [-0.25, -0.2) is 0 Å². The maximum absolute atomic E-state index is 12.5. The van der Waals surface area contributed by atoms with Crippen LogP contribution in [0.15, 0.2) is 35.4 Å². The van der Waals surface area contributed by atoms with Gasteiger partial charge in [0.05, 0.1) is 10.6 Å². The van der Waals surface area contributed by atoms with Crippen LogP contribution in [0.3, 0.4) is 0 Å². The molecule has 2 aromatic heterocycles. The second kappa shape index (κ2) is 5.33. The number of pyridine rings is 2. The highest BCUT2D eigenvalue weighted by Crippen LogP contribution is 2.21. The number of aromatic nitrogens is 2. The van der Waals surface area contributed by atoms with Crippen molar-refractivity contribution in [3.63, 3.8) is 0 Å². The van der Waals surface area contributed by atoms with Crippen LogP contribution in [-0.4, -0.2) is 26.9 Å². The largest absolute Gasteiger partial charge is 0.334 e. The fourth-order valence-electron chi connectivity index (χ4n) is 2.47. The molecule has 6 heteroatoms. The van der Waals surface area contributed by atoms with Crippen molar-refractivity contribution in [1.29, 1.82) is 0 Å². The van der Waals surface area contributed by atoms with Crippen LogP contribution in [-0.2, 0) is 20.0 Å². The summed E-state index contributed by atoms with van der Waals surface area (Å²) in [6, 6.07) is 4.82. The molecule has 0 atom stereocenters. The minimum atomic E-state index is -0.133. The van der Waals surface area contributed by atoms with Gasteiger partial charge in [0, 0.05) is 50.7 Å². The number of hydrogen-bond donors (Lipinski definition) is 0. The first-order valence-electron chi connectivity index (χ1n) is 6.64. The maximum Gasteiger partial charge on any atom is 0.255 e. The van der Waals surface area contributed by atoms with E-state index < -0.39 is 0 Å². The highest BCUT2D eigenvalue weighted by Gasteiger charge is 2.23. The molecule has 0 saturated heterocycles. The number of nitrogens with zero attached hydrogens (tertiary/aromatic N) is 3. The first-order chi connectivity index (χ1) is 10.0. The molecule has 1 aliphatic rings. The molecular formula is C15H14ClN3O2. The molecular weight excluding hydrogens is 290 g/mol. The molecule has 0 spiro atoms. The minimum absolute atomic E-state index is 0.0868. The zero-order valence-electron chi connectivity index (χ0n) is 11.5. The fraction of sp³-hybridized carbons (Fsp3) is 0.267. The lowest BCUT2D eigenvalue weighted by atomic mass is 10.0. The topological polar surface area (TPSA) is 55.2 Å². The van der Waals surface area contributed by atoms with Gasteiger partial charge in [0.15, 0.2) is 0 Å². The number of carbonyl (C=O) groups excluding carboxylic acids is 1. The number of aryl methyl sites for hydroxylation is 1. The molecule has 1 aliphatic heterocycles. The highest BCUT2D eigenvalue weighted by molar-refractivity contribution is 6.30. The Morgan fingerprint density at radius 2 is 2.19 bits per heavy atom. The third kappa shape index (κ3) is 2.69. The Bertz CT molecular complexity index is 770. The van der Waals surface area contributed by atoms with E-state index in [1.807, 2.05) is 6.07 Å². The summed E-state index contributed by atoms with van der Waals surface area (Å²) in [6.45, 7) is 1.11. The van der Waals surface area contributed by atoms with Crippen LogP contribution in [0.4, 0.5) is 0 Å². The van der Waals surface area contributed by atoms with Crippen LogP contribution in [0.25, 0.3) is 0 Å². The molecule has 0 saturated carbocycles. The van der Waals surface area contributed by atoms with Gasteiger partial charge in [-0.15, -0.1) is 0 Å². The summed E-state index contributed by atoms with van der Waals surface area (Å²) in [6.07, 6.45) is 3.91. The van der Waals surface area contributed by atoms with Crippen molar-refractivity contribution < 1.29 is 4.79 Å². The molecule has 0 unspecified atom stereocenters. The van der Waals surface area contributed by atoms with Crippen LogP contribution in [0.5, 0.6) is 0 Å². The van der Waals surface area contributed by atoms with Crippen LogP contribution in [0.2, 0.25) is 5.02 Å². The van der Waals surface area contributed by atoms with Crippen molar-refractivity contribution in [1.82, 2.24) is 14.5 Å². The number of hydrogen-bond acceptors (Lipinski definition) is 3. The van der Waals surface area contributed by atoms with Crippen molar-refractivity contribution in [3.8, 4) is 0 Å². The number of rotatable bonds is 1. The van der Waals surface area contributed by atoms with Crippen LogP contribution >= 0.6 is 11.6 Å². The second-order valence-electron chi connectivity index (χ2n) is 5.10. The Balaban J connectivity index is 1.86. The van der Waals surface area contributed by atoms with E-state index in [1.54, 1.807) is 30.4 Å². The monoisotopic (exact) mass is 303 g/mol. The van der Waals surface area contributed by atoms with Crippen LogP contribution in [0, 0.1) is 0 Å². The molecule has 21 heavy (non-hydrogen) atoms. The Kier molecular flexibility index (Phi) is 3.51. The van der Waals surface area contributed by atoms with E-state index in [0.717, 1.165) is 11.3 Å². The van der Waals surface area contributed by atoms with E-state index >= 15 is 0 Å². The van der Waals surface area contributed by atoms with Gasteiger partial charge < -0.3 is 9.47 Å². The quantitative estimate of drug-likeness (QED) is 0.804. The lowest BCUT2D eigenvalue weighted by Crippen LogP contribution is -2.36. The van der Waals surface area contributed by atoms with Crippen LogP contribution in [0.1, 0.15) is 21.6 Å². The molecule has 1 amide bonds. The number of amides is 1. The third-order valence-electron chi connectivity index (χ3n) is 3.63. The van der Waals surface area contributed by atoms with Gasteiger partial charge in [0.2, 0.25) is 5.56 Å². The summed E-state index contributed by atoms with van der Waals surface area (Å²) >= 11 is 5.96. The predicted octanol–water partition coefficient (Wildman–Crippen LogP) is 1.63. The summed E-state index contributed by atoms with van der Waals surface area (Å²) in [7, 11) is 1.63. The maximum atomic E-state index is 12.5. The number of carbonyl (C=O) groups is 1. The van der Waals surface area contributed by atoms with Crippen molar-refractivity contribution in [2.24, 2.45) is 7.05 Å². The number of halogens is 1. The van der Waals surface area contributed by atoms with E-state index in [1.165, 1.54) is 10.6 Å². The van der Waals surface area contributed by atoms with Gasteiger partial charge in [-0.2, -0.15) is 0 Å². The first-order valence-corrected chi connectivity index (χ1v) is 7.01. The molecule has 0 fully saturated rings. The molecule has 108 valence electrons. The fourth-order valence-corrected chi connectivity index (χ4v) is 2.65. The Morgan fingerprint density at radius 3 is 2.95 bits per heavy atom. The van der Waals surface area contributed by atoms with Crippen molar-refractivity contribution in [2.45, 2.75) is 13.0 Å². The summed E-state index contributed by atoms with van der Waals surface area (Å²) in [5.74, 6) is -0.0868. The average Bonchev–Trinajstić information content (AvgIpc) is 2.48. The molecule has 5 nitrogen and oxygen atoms in total. The van der Waals surface area contributed by atoms with Gasteiger partial charge in [0.1, 0.15) is 0 Å². The molecule has 0 aromatic carbocycles. The molecule has 0 radical (unpaired) electrons. The van der Waals surface area contributed by atoms with E-state index in [2.05, 4.69) is 4.98 Å². The Hall–Kier alpha value is -2.14. The lowest BCUT2D eigenvalue weighted by molar-refractivity contribution is 0.0732. The summed E-state index contributed by atoms with van der Waals surface area (Å²) in [5.41, 5.74) is 2.35. The smallest absolute Gasteiger partial charge is 0.255 e. The molecule has 3 rings (SSSR count). The summed E-state index contributed by atoms with van der Waals surface area (Å²) in [4.78, 5) is 29.9. The molecule has 2 aromatic rings. The van der Waals surface area contributed by atoms with Gasteiger partial charge >= 0.3 is 0 Å². The van der Waals surface area contributed by atoms with Gasteiger partial charge in [-0.1, -0.05) is 11.6 Å². The molecule has 0 bridgehead atoms. The Morgan fingerprint density at radius 1 is 1.38 bits per heavy atom. The minimum Gasteiger partial charge on any atom is -0.334 e. The van der Waals surface area contributed by atoms with E-state index in [4.69, 9.17) is 11.6 Å². The normalized spacial score (nSPS) is 13.9. The zero-order valence-corrected chi connectivity index (χ0v) is 12.3. The van der Waals surface area contributed by atoms with Gasteiger partial charge in [-0.3, -0.25) is 14.6 Å². The predicted molar refractivity (Wildman–Crippen MR) is 79.4 cm³/mol. The van der Waals surface area contributed by atoms with E-state index in [9.17, 15) is 9.59 Å². The van der Waals surface area contributed by atoms with Crippen LogP contribution < -0.4 is 5.56 Å². The van der Waals surface area contributed by atoms with Gasteiger partial charge in [0.25, 0.3) is 5.91 Å². The second-order valence-corrected chi connectivity index (χ2v) is 5.54. The third-order valence-corrected chi connectivity index (χ3v) is 3.83. The average molecular weight is 304 g/mol. The summed E-state index contributed by atoms with van der Waals surface area (Å²) in [5, 5.41) is 0.574. The van der Waals surface area contributed by atoms with Gasteiger partial charge in [-0.05, 0) is 17.7 Å². The number of fused-ring (bicyclic) bond motifs is 1. The van der Waals surface area contributed by atoms with E-state index in [0.29, 0.717) is 30.1 Å². The molecule has 3 heterocycles. The van der Waals surface area contributed by atoms with Crippen molar-refractivity contribution >= 4 is 17.5 Å². The van der Waals surface area contributed by atoms with Crippen molar-refractivity contribution in [3.05, 3.63) is 62.8 Å². The zero-order chi connectivity index (χ0) is 15.0. The first kappa shape index (κ1) is 13.8. The van der Waals surface area contributed by atoms with E-state index in [-0.39, 0.29) is 11.5 Å². The lowest BCUT2D eigenvalue weighted by Gasteiger charge is -2.28.